The first-order chi connectivity index (χ1) is 67.2. The zero-order valence-electron chi connectivity index (χ0n) is 83.5. The van der Waals surface area contributed by atoms with Crippen LogP contribution in [0.3, 0.4) is 0 Å². The third-order valence-corrected chi connectivity index (χ3v) is 31.2. The summed E-state index contributed by atoms with van der Waals surface area (Å²) in [6, 6.07) is 137. The van der Waals surface area contributed by atoms with E-state index in [4.69, 9.17) is 0 Å². The molecule has 0 aliphatic heterocycles. The van der Waals surface area contributed by atoms with Crippen molar-refractivity contribution in [2.75, 3.05) is 0 Å². The molecule has 0 nitrogen and oxygen atoms in total. The van der Waals surface area contributed by atoms with Crippen LogP contribution in [0.25, 0.3) is 100 Å². The lowest BCUT2D eigenvalue weighted by molar-refractivity contribution is 1.31. The van der Waals surface area contributed by atoms with Crippen molar-refractivity contribution in [2.45, 2.75) is 121 Å². The summed E-state index contributed by atoms with van der Waals surface area (Å²) in [6.07, 6.45) is 5.10. The van der Waals surface area contributed by atoms with Crippen LogP contribution in [0.1, 0.15) is 100 Å². The minimum absolute atomic E-state index is 1.02. The van der Waals surface area contributed by atoms with E-state index in [1.165, 1.54) is 248 Å². The fraction of sp³-hybridized carbons (Fsp3) is 0.143. The summed E-state index contributed by atoms with van der Waals surface area (Å²) < 4.78 is 0. The molecule has 0 heterocycles. The van der Waals surface area contributed by atoms with Gasteiger partial charge in [-0.2, -0.15) is 0 Å². The summed E-state index contributed by atoms with van der Waals surface area (Å²) in [5, 5.41) is 11.2. The van der Waals surface area contributed by atoms with E-state index in [0.717, 1.165) is 30.8 Å². The molecule has 0 spiro atoms. The highest BCUT2D eigenvalue weighted by Crippen LogP contribution is 2.32. The van der Waals surface area contributed by atoms with Crippen molar-refractivity contribution in [1.29, 1.82) is 0 Å². The molecule has 0 saturated carbocycles. The van der Waals surface area contributed by atoms with E-state index >= 15 is 0 Å². The molecule has 0 aliphatic rings. The Morgan fingerprint density at radius 3 is 0.614 bits per heavy atom. The minimum Gasteiger partial charge on any atom is -0.133 e. The maximum absolute atomic E-state index is 2.78. The summed E-state index contributed by atoms with van der Waals surface area (Å²) in [5.74, 6) is 0. The van der Waals surface area contributed by atoms with Crippen LogP contribution in [0.15, 0.2) is 382 Å². The average molecular weight is 2090 g/mol. The average Bonchev–Trinajstić information content (AvgIpc) is 0.850. The second kappa shape index (κ2) is 58.2. The van der Waals surface area contributed by atoms with Gasteiger partial charge < -0.3 is 0 Å². The zero-order valence-corrected chi connectivity index (χ0v) is 99.7. The Balaban J connectivity index is 0.000000162. The van der Waals surface area contributed by atoms with Gasteiger partial charge in [-0.1, -0.05) is 393 Å². The standard InChI is InChI=1S/C15H17P.4C14H16P2.3C14H15P.C13H14P2/c1-10-4-5-13(8-11(10)2)14-6-7-15(16)12(3)9-14;1-10-8-11(9-15)2-7-14(10)12-3-5-13(16)6-4-12;1-10-8-13(16)6-7-14(10)12-4-2-11(9-15)3-5-12;1-10-8-13(6-7-14(10)16)12-4-2-11(9-15)3-5-12;1-10-8-12(2-3-13(10)9-15)11-4-6-14(16)7-5-11;1-10-3-5-12(6-4-10)14-8-7-13(15)9-11(14)2;1-10-3-5-12(6-4-10)13-7-8-14(15)11(2)9-13;1-10-3-4-13(9-11(10)2)12-5-7-14(15)8-6-12;14-9-10-1-3-11(4-2-10)12-5-7-13(15)8-6-12/h4-9H,16H2,1-3H3;4*2-8H,9,15-16H2,1H3;3*3-9H,15H2,1-2H3;1-8H,9,14-15H2. The maximum atomic E-state index is 2.78. The van der Waals surface area contributed by atoms with Crippen molar-refractivity contribution in [3.8, 4) is 100 Å². The Kier molecular flexibility index (Phi) is 47.4. The first-order valence-electron chi connectivity index (χ1n) is 47.2. The molecule has 18 aromatic carbocycles. The van der Waals surface area contributed by atoms with Gasteiger partial charge in [-0.15, -0.1) is 129 Å². The highest BCUT2D eigenvalue weighted by molar-refractivity contribution is 7.29. The van der Waals surface area contributed by atoms with Gasteiger partial charge in [-0.3, -0.25) is 0 Å². The quantitative estimate of drug-likeness (QED) is 0.0952. The SMILES string of the molecule is Cc1cc(-c2ccc(CP)cc2)ccc1P.Cc1cc(-c2ccc(P)cc2)ccc1CP.Cc1cc(CP)ccc1-c1ccc(P)cc1.Cc1cc(P)ccc1-c1ccc(CP)cc1.Cc1ccc(-c2ccc(P)c(C)c2)cc1.Cc1ccc(-c2ccc(P)c(C)c2)cc1C.Cc1ccc(-c2ccc(P)cc2)cc1C.Cc1ccc(-c2ccc(P)cc2C)cc1.PCc1ccc(-c2ccc(P)cc2)cc1. The molecule has 18 aromatic rings. The predicted octanol–water partition coefficient (Wildman–Crippen LogP) is 31.6. The lowest BCUT2D eigenvalue weighted by Crippen LogP contribution is -1.96. The van der Waals surface area contributed by atoms with Crippen LogP contribution in [0, 0.1) is 90.0 Å². The Bertz CT molecular complexity index is 6850. The Morgan fingerprint density at radius 2 is 0.343 bits per heavy atom. The van der Waals surface area contributed by atoms with Crippen LogP contribution in [-0.2, 0) is 30.8 Å². The normalized spacial score (nSPS) is 10.4. The molecule has 0 radical (unpaired) electrons. The van der Waals surface area contributed by atoms with Gasteiger partial charge >= 0.3 is 0 Å². The molecule has 0 fully saturated rings. The molecule has 14 unspecified atom stereocenters. The number of hydrogen-bond donors (Lipinski definition) is 0. The van der Waals surface area contributed by atoms with Crippen LogP contribution in [0.2, 0.25) is 0 Å². The largest absolute Gasteiger partial charge is 0.133 e. The molecule has 0 aromatic heterocycles. The van der Waals surface area contributed by atoms with Gasteiger partial charge in [0, 0.05) is 0 Å². The van der Waals surface area contributed by atoms with Gasteiger partial charge in [0.1, 0.15) is 0 Å². The van der Waals surface area contributed by atoms with Crippen LogP contribution >= 0.6 is 129 Å². The first kappa shape index (κ1) is 114. The summed E-state index contributed by atoms with van der Waals surface area (Å²) in [7, 11) is 38.4. The Morgan fingerprint density at radius 1 is 0.136 bits per heavy atom. The van der Waals surface area contributed by atoms with Gasteiger partial charge in [0.2, 0.25) is 0 Å². The van der Waals surface area contributed by atoms with E-state index in [1.54, 1.807) is 0 Å². The highest BCUT2D eigenvalue weighted by atomic mass is 31.0. The monoisotopic (exact) mass is 2090 g/mol. The van der Waals surface area contributed by atoms with E-state index in [0.29, 0.717) is 0 Å². The van der Waals surface area contributed by atoms with Crippen molar-refractivity contribution < 1.29 is 0 Å². The van der Waals surface area contributed by atoms with Crippen LogP contribution in [0.4, 0.5) is 0 Å². The van der Waals surface area contributed by atoms with Crippen LogP contribution in [-0.4, -0.2) is 0 Å². The van der Waals surface area contributed by atoms with Crippen LogP contribution < -0.4 is 47.7 Å². The van der Waals surface area contributed by atoms with E-state index in [2.05, 4.69) is 602 Å². The lowest BCUT2D eigenvalue weighted by Gasteiger charge is -2.08. The molecule has 14 atom stereocenters. The molecular formula is C126H140P14. The lowest BCUT2D eigenvalue weighted by atomic mass is 9.99. The van der Waals surface area contributed by atoms with Crippen LogP contribution in [0.5, 0.6) is 0 Å². The highest BCUT2D eigenvalue weighted by Gasteiger charge is 2.11. The molecule has 14 heteroatoms. The van der Waals surface area contributed by atoms with Gasteiger partial charge in [0.15, 0.2) is 0 Å². The van der Waals surface area contributed by atoms with Crippen molar-refractivity contribution >= 4 is 177 Å². The third kappa shape index (κ3) is 36.0. The van der Waals surface area contributed by atoms with Gasteiger partial charge in [-0.25, -0.2) is 0 Å². The van der Waals surface area contributed by atoms with E-state index in [-0.39, 0.29) is 0 Å². The molecule has 0 saturated heterocycles. The topological polar surface area (TPSA) is 0 Å². The van der Waals surface area contributed by atoms with Crippen molar-refractivity contribution in [3.63, 3.8) is 0 Å². The van der Waals surface area contributed by atoms with Gasteiger partial charge in [0.05, 0.1) is 0 Å². The second-order valence-electron chi connectivity index (χ2n) is 35.6. The maximum Gasteiger partial charge on any atom is -0.0126 e. The molecule has 0 bridgehead atoms. The molecule has 0 aliphatic carbocycles. The molecule has 714 valence electrons. The third-order valence-electron chi connectivity index (χ3n) is 24.7. The summed E-state index contributed by atoms with van der Waals surface area (Å²) in [4.78, 5) is 0. The number of hydrogen-bond acceptors (Lipinski definition) is 0. The zero-order chi connectivity index (χ0) is 101. The first-order valence-corrected chi connectivity index (χ1v) is 56.5. The Hall–Kier alpha value is -8.02. The second-order valence-corrected chi connectivity index (χ2v) is 43.5. The summed E-state index contributed by atoms with van der Waals surface area (Å²) in [5.41, 5.74) is 47.5. The molecule has 0 N–H and O–H groups in total. The summed E-state index contributed by atoms with van der Waals surface area (Å²) in [6.45, 7) is 27.9. The van der Waals surface area contributed by atoms with E-state index in [9.17, 15) is 0 Å². The Labute approximate surface area is 873 Å². The van der Waals surface area contributed by atoms with Crippen molar-refractivity contribution in [1.82, 2.24) is 0 Å². The smallest absolute Gasteiger partial charge is 0.0126 e. The van der Waals surface area contributed by atoms with Crippen molar-refractivity contribution in [3.05, 3.63) is 482 Å². The summed E-state index contributed by atoms with van der Waals surface area (Å²) >= 11 is 0. The fourth-order valence-corrected chi connectivity index (χ4v) is 18.9. The molecular weight excluding hydrogens is 1950 g/mol. The number of aryl methyl sites for hydroxylation is 13. The predicted molar refractivity (Wildman–Crippen MR) is 680 cm³/mol. The van der Waals surface area contributed by atoms with Crippen molar-refractivity contribution in [2.24, 2.45) is 0 Å². The van der Waals surface area contributed by atoms with E-state index < -0.39 is 0 Å². The molecule has 0 amide bonds. The minimum atomic E-state index is 1.02. The molecule has 18 rings (SSSR count). The van der Waals surface area contributed by atoms with E-state index in [1.807, 2.05) is 0 Å². The number of benzene rings is 18. The molecule has 140 heavy (non-hydrogen) atoms. The fourth-order valence-electron chi connectivity index (χ4n) is 15.4. The van der Waals surface area contributed by atoms with Gasteiger partial charge in [-0.05, 0) is 358 Å². The number of rotatable bonds is 14. The van der Waals surface area contributed by atoms with Gasteiger partial charge in [0.25, 0.3) is 0 Å².